The lowest BCUT2D eigenvalue weighted by atomic mass is 9.54. The Morgan fingerprint density at radius 2 is 1.55 bits per heavy atom. The molecule has 0 unspecified atom stereocenters. The van der Waals surface area contributed by atoms with Gasteiger partial charge in [-0.2, -0.15) is 0 Å². The molecule has 0 spiro atoms. The van der Waals surface area contributed by atoms with Crippen LogP contribution in [0.5, 0.6) is 0 Å². The third-order valence-corrected chi connectivity index (χ3v) is 6.87. The summed E-state index contributed by atoms with van der Waals surface area (Å²) in [5.41, 5.74) is 1.16. The maximum absolute atomic E-state index is 4.40. The molecule has 1 aromatic carbocycles. The first kappa shape index (κ1) is 13.1. The topological polar surface area (TPSA) is 37.8 Å². The van der Waals surface area contributed by atoms with Gasteiger partial charge in [0.15, 0.2) is 0 Å². The molecule has 4 heteroatoms. The molecule has 3 nitrogen and oxygen atoms in total. The summed E-state index contributed by atoms with van der Waals surface area (Å²) in [7, 11) is 0. The van der Waals surface area contributed by atoms with Crippen molar-refractivity contribution in [1.82, 2.24) is 10.2 Å². The highest BCUT2D eigenvalue weighted by atomic mass is 32.1. The fourth-order valence-electron chi connectivity index (χ4n) is 5.28. The van der Waals surface area contributed by atoms with E-state index >= 15 is 0 Å². The molecule has 0 saturated heterocycles. The van der Waals surface area contributed by atoms with Crippen LogP contribution in [0.2, 0.25) is 0 Å². The zero-order valence-corrected chi connectivity index (χ0v) is 13.4. The Bertz CT molecular complexity index is 638. The van der Waals surface area contributed by atoms with Crippen LogP contribution in [-0.4, -0.2) is 16.2 Å². The van der Waals surface area contributed by atoms with Gasteiger partial charge < -0.3 is 5.32 Å². The number of rotatable bonds is 3. The van der Waals surface area contributed by atoms with Crippen molar-refractivity contribution >= 4 is 16.5 Å². The fourth-order valence-corrected chi connectivity index (χ4v) is 6.08. The first-order chi connectivity index (χ1) is 10.8. The van der Waals surface area contributed by atoms with Crippen molar-refractivity contribution < 1.29 is 0 Å². The van der Waals surface area contributed by atoms with Gasteiger partial charge in [-0.1, -0.05) is 41.7 Å². The minimum atomic E-state index is 0.643. The van der Waals surface area contributed by atoms with Gasteiger partial charge in [-0.25, -0.2) is 0 Å². The molecule has 0 atom stereocenters. The zero-order chi connectivity index (χ0) is 14.5. The summed E-state index contributed by atoms with van der Waals surface area (Å²) >= 11 is 1.70. The Morgan fingerprint density at radius 1 is 0.864 bits per heavy atom. The molecule has 1 heterocycles. The summed E-state index contributed by atoms with van der Waals surface area (Å²) in [4.78, 5) is 0. The number of benzene rings is 1. The van der Waals surface area contributed by atoms with Crippen LogP contribution in [0.1, 0.15) is 32.1 Å². The molecule has 1 aromatic heterocycles. The molecule has 0 aliphatic heterocycles. The molecule has 4 bridgehead atoms. The van der Waals surface area contributed by atoms with Gasteiger partial charge in [-0.3, -0.25) is 0 Å². The predicted molar refractivity (Wildman–Crippen MR) is 89.8 cm³/mol. The van der Waals surface area contributed by atoms with Crippen LogP contribution in [-0.2, 0) is 0 Å². The van der Waals surface area contributed by atoms with Crippen LogP contribution < -0.4 is 5.32 Å². The fraction of sp³-hybridized carbons (Fsp3) is 0.556. The Morgan fingerprint density at radius 3 is 2.23 bits per heavy atom. The Kier molecular flexibility index (Phi) is 3.00. The highest BCUT2D eigenvalue weighted by Crippen LogP contribution is 2.54. The molecule has 22 heavy (non-hydrogen) atoms. The van der Waals surface area contributed by atoms with E-state index in [1.165, 1.54) is 32.1 Å². The average Bonchev–Trinajstić information content (AvgIpc) is 3.00. The van der Waals surface area contributed by atoms with E-state index < -0.39 is 0 Å². The number of aromatic nitrogens is 2. The molecule has 2 aromatic rings. The highest BCUT2D eigenvalue weighted by Gasteiger charge is 2.48. The number of hydrogen-bond donors (Lipinski definition) is 1. The van der Waals surface area contributed by atoms with E-state index in [2.05, 4.69) is 39.8 Å². The second-order valence-electron chi connectivity index (χ2n) is 7.38. The van der Waals surface area contributed by atoms with Crippen LogP contribution in [0.4, 0.5) is 5.13 Å². The molecule has 6 rings (SSSR count). The molecular formula is C18H21N3S. The standard InChI is InChI=1S/C18H21N3S/c1-2-4-13(5-3-1)17-20-21-18(22-17)19-16-14-7-11-6-12(9-14)10-15(16)8-11/h1-5,11-12,14-16H,6-10H2,(H,19,21). The molecule has 0 radical (unpaired) electrons. The highest BCUT2D eigenvalue weighted by molar-refractivity contribution is 7.18. The summed E-state index contributed by atoms with van der Waals surface area (Å²) in [5.74, 6) is 3.80. The zero-order valence-electron chi connectivity index (χ0n) is 12.6. The molecule has 4 saturated carbocycles. The number of anilines is 1. The van der Waals surface area contributed by atoms with E-state index in [0.717, 1.165) is 39.4 Å². The van der Waals surface area contributed by atoms with E-state index in [1.54, 1.807) is 11.3 Å². The summed E-state index contributed by atoms with van der Waals surface area (Å²) < 4.78 is 0. The Hall–Kier alpha value is -1.42. The van der Waals surface area contributed by atoms with Gasteiger partial charge in [-0.05, 0) is 55.8 Å². The minimum Gasteiger partial charge on any atom is -0.357 e. The van der Waals surface area contributed by atoms with Crippen molar-refractivity contribution in [3.8, 4) is 10.6 Å². The molecule has 1 N–H and O–H groups in total. The van der Waals surface area contributed by atoms with Gasteiger partial charge in [0.05, 0.1) is 0 Å². The number of hydrogen-bond acceptors (Lipinski definition) is 4. The molecule has 4 fully saturated rings. The molecule has 4 aliphatic rings. The first-order valence-electron chi connectivity index (χ1n) is 8.50. The summed E-state index contributed by atoms with van der Waals surface area (Å²) in [6.45, 7) is 0. The van der Waals surface area contributed by atoms with Crippen molar-refractivity contribution in [1.29, 1.82) is 0 Å². The van der Waals surface area contributed by atoms with Gasteiger partial charge in [0.1, 0.15) is 5.01 Å². The maximum Gasteiger partial charge on any atom is 0.206 e. The predicted octanol–water partition coefficient (Wildman–Crippen LogP) is 4.44. The maximum atomic E-state index is 4.40. The van der Waals surface area contributed by atoms with E-state index in [-0.39, 0.29) is 0 Å². The lowest BCUT2D eigenvalue weighted by Crippen LogP contribution is -2.51. The summed E-state index contributed by atoms with van der Waals surface area (Å²) in [5, 5.41) is 14.6. The monoisotopic (exact) mass is 311 g/mol. The lowest BCUT2D eigenvalue weighted by molar-refractivity contribution is 0.00752. The molecule has 114 valence electrons. The van der Waals surface area contributed by atoms with Gasteiger partial charge in [0.25, 0.3) is 0 Å². The van der Waals surface area contributed by atoms with Crippen LogP contribution in [0.15, 0.2) is 30.3 Å². The smallest absolute Gasteiger partial charge is 0.206 e. The molecule has 4 aliphatic carbocycles. The largest absolute Gasteiger partial charge is 0.357 e. The van der Waals surface area contributed by atoms with Gasteiger partial charge in [0.2, 0.25) is 5.13 Å². The van der Waals surface area contributed by atoms with Crippen molar-refractivity contribution in [3.63, 3.8) is 0 Å². The van der Waals surface area contributed by atoms with Crippen molar-refractivity contribution in [3.05, 3.63) is 30.3 Å². The Balaban J connectivity index is 1.35. The van der Waals surface area contributed by atoms with E-state index in [0.29, 0.717) is 6.04 Å². The normalized spacial score (nSPS) is 35.7. The molecular weight excluding hydrogens is 290 g/mol. The van der Waals surface area contributed by atoms with Gasteiger partial charge in [0, 0.05) is 11.6 Å². The van der Waals surface area contributed by atoms with E-state index in [4.69, 9.17) is 0 Å². The SMILES string of the molecule is c1ccc(-c2nnc(NC3C4CC5CC(C4)CC3C5)s2)cc1. The minimum absolute atomic E-state index is 0.643. The van der Waals surface area contributed by atoms with Gasteiger partial charge >= 0.3 is 0 Å². The third-order valence-electron chi connectivity index (χ3n) is 5.96. The average molecular weight is 311 g/mol. The van der Waals surface area contributed by atoms with Crippen LogP contribution >= 0.6 is 11.3 Å². The molecule has 0 amide bonds. The van der Waals surface area contributed by atoms with Crippen molar-refractivity contribution in [2.75, 3.05) is 5.32 Å². The van der Waals surface area contributed by atoms with E-state index in [1.807, 2.05) is 6.07 Å². The quantitative estimate of drug-likeness (QED) is 0.910. The van der Waals surface area contributed by atoms with Crippen LogP contribution in [0.3, 0.4) is 0 Å². The second-order valence-corrected chi connectivity index (χ2v) is 8.36. The summed E-state index contributed by atoms with van der Waals surface area (Å²) in [6, 6.07) is 11.0. The first-order valence-corrected chi connectivity index (χ1v) is 9.32. The second kappa shape index (κ2) is 5.05. The number of nitrogens with zero attached hydrogens (tertiary/aromatic N) is 2. The third kappa shape index (κ3) is 2.16. The van der Waals surface area contributed by atoms with Crippen molar-refractivity contribution in [2.24, 2.45) is 23.7 Å². The summed E-state index contributed by atoms with van der Waals surface area (Å²) in [6.07, 6.45) is 7.27. The van der Waals surface area contributed by atoms with Crippen LogP contribution in [0, 0.1) is 23.7 Å². The van der Waals surface area contributed by atoms with E-state index in [9.17, 15) is 0 Å². The van der Waals surface area contributed by atoms with Crippen molar-refractivity contribution in [2.45, 2.75) is 38.1 Å². The number of nitrogens with one attached hydrogen (secondary N) is 1. The Labute approximate surface area is 135 Å². The van der Waals surface area contributed by atoms with Crippen LogP contribution in [0.25, 0.3) is 10.6 Å². The van der Waals surface area contributed by atoms with Gasteiger partial charge in [-0.15, -0.1) is 10.2 Å². The lowest BCUT2D eigenvalue weighted by Gasteiger charge is -2.54.